The lowest BCUT2D eigenvalue weighted by Crippen LogP contribution is -2.19. The van der Waals surface area contributed by atoms with Gasteiger partial charge in [-0.25, -0.2) is 5.43 Å². The average Bonchev–Trinajstić information content (AvgIpc) is 2.95. The zero-order valence-corrected chi connectivity index (χ0v) is 12.4. The van der Waals surface area contributed by atoms with Crippen molar-refractivity contribution in [3.05, 3.63) is 46.2 Å². The maximum absolute atomic E-state index is 11.6. The Labute approximate surface area is 126 Å². The second-order valence-corrected chi connectivity index (χ2v) is 5.24. The normalized spacial score (nSPS) is 10.7. The van der Waals surface area contributed by atoms with Gasteiger partial charge in [0.1, 0.15) is 0 Å². The molecule has 0 bridgehead atoms. The fourth-order valence-electron chi connectivity index (χ4n) is 1.67. The summed E-state index contributed by atoms with van der Waals surface area (Å²) in [5.41, 5.74) is 3.20. The van der Waals surface area contributed by atoms with Crippen LogP contribution in [-0.2, 0) is 11.2 Å². The van der Waals surface area contributed by atoms with Crippen LogP contribution in [0.5, 0.6) is 11.5 Å². The highest BCUT2D eigenvalue weighted by Crippen LogP contribution is 2.26. The maximum atomic E-state index is 11.6. The Morgan fingerprint density at radius 2 is 2.33 bits per heavy atom. The molecule has 2 aromatic rings. The Morgan fingerprint density at radius 1 is 1.48 bits per heavy atom. The first-order chi connectivity index (χ1) is 10.2. The molecule has 0 spiro atoms. The van der Waals surface area contributed by atoms with E-state index in [4.69, 9.17) is 4.74 Å². The Bertz CT molecular complexity index is 624. The molecule has 0 saturated carbocycles. The summed E-state index contributed by atoms with van der Waals surface area (Å²) in [7, 11) is 0. The average molecular weight is 304 g/mol. The number of aromatic hydroxyl groups is 1. The highest BCUT2D eigenvalue weighted by Gasteiger charge is 2.03. The van der Waals surface area contributed by atoms with Crippen LogP contribution in [-0.4, -0.2) is 23.8 Å². The van der Waals surface area contributed by atoms with Gasteiger partial charge in [-0.05, 0) is 42.1 Å². The van der Waals surface area contributed by atoms with Crippen LogP contribution in [0.1, 0.15) is 17.4 Å². The number of carbonyl (C=O) groups excluding carboxylic acids is 1. The molecule has 0 radical (unpaired) electrons. The van der Waals surface area contributed by atoms with Gasteiger partial charge in [0.05, 0.1) is 19.2 Å². The molecule has 1 heterocycles. The van der Waals surface area contributed by atoms with Crippen LogP contribution in [0.15, 0.2) is 40.8 Å². The number of amides is 1. The largest absolute Gasteiger partial charge is 0.504 e. The topological polar surface area (TPSA) is 70.9 Å². The van der Waals surface area contributed by atoms with Gasteiger partial charge in [-0.1, -0.05) is 6.07 Å². The summed E-state index contributed by atoms with van der Waals surface area (Å²) in [6.45, 7) is 2.30. The molecule has 0 aliphatic rings. The number of nitrogens with one attached hydrogen (secondary N) is 1. The van der Waals surface area contributed by atoms with Crippen LogP contribution >= 0.6 is 11.3 Å². The quantitative estimate of drug-likeness (QED) is 0.636. The molecule has 0 fully saturated rings. The van der Waals surface area contributed by atoms with Gasteiger partial charge in [0.25, 0.3) is 0 Å². The Kier molecular flexibility index (Phi) is 5.34. The highest BCUT2D eigenvalue weighted by molar-refractivity contribution is 7.10. The van der Waals surface area contributed by atoms with E-state index in [9.17, 15) is 9.90 Å². The molecular formula is C15H16N2O3S. The number of thiophene rings is 1. The molecule has 110 valence electrons. The van der Waals surface area contributed by atoms with Crippen molar-refractivity contribution < 1.29 is 14.6 Å². The Hall–Kier alpha value is -2.34. The second kappa shape index (κ2) is 7.44. The summed E-state index contributed by atoms with van der Waals surface area (Å²) >= 11 is 1.53. The molecule has 5 nitrogen and oxygen atoms in total. The molecule has 6 heteroatoms. The maximum Gasteiger partial charge on any atom is 0.245 e. The van der Waals surface area contributed by atoms with Crippen molar-refractivity contribution >= 4 is 23.5 Å². The number of phenolic OH excluding ortho intramolecular Hbond substituents is 1. The van der Waals surface area contributed by atoms with Crippen molar-refractivity contribution in [2.24, 2.45) is 5.10 Å². The molecule has 0 atom stereocenters. The highest BCUT2D eigenvalue weighted by atomic mass is 32.1. The monoisotopic (exact) mass is 304 g/mol. The van der Waals surface area contributed by atoms with Gasteiger partial charge in [0.2, 0.25) is 5.91 Å². The summed E-state index contributed by atoms with van der Waals surface area (Å²) in [6, 6.07) is 8.69. The minimum absolute atomic E-state index is 0.0794. The van der Waals surface area contributed by atoms with E-state index in [1.54, 1.807) is 12.1 Å². The smallest absolute Gasteiger partial charge is 0.245 e. The number of hydrazone groups is 1. The molecule has 0 aliphatic carbocycles. The van der Waals surface area contributed by atoms with Crippen molar-refractivity contribution in [1.82, 2.24) is 5.43 Å². The van der Waals surface area contributed by atoms with Crippen LogP contribution in [0.25, 0.3) is 0 Å². The van der Waals surface area contributed by atoms with Crippen molar-refractivity contribution in [2.75, 3.05) is 6.61 Å². The number of hydrogen-bond donors (Lipinski definition) is 2. The van der Waals surface area contributed by atoms with Crippen molar-refractivity contribution in [2.45, 2.75) is 13.3 Å². The molecule has 0 saturated heterocycles. The van der Waals surface area contributed by atoms with Gasteiger partial charge in [-0.15, -0.1) is 11.3 Å². The number of nitrogens with zero attached hydrogens (tertiary/aromatic N) is 1. The van der Waals surface area contributed by atoms with E-state index < -0.39 is 0 Å². The van der Waals surface area contributed by atoms with Crippen LogP contribution in [0, 0.1) is 0 Å². The van der Waals surface area contributed by atoms with E-state index in [1.807, 2.05) is 24.4 Å². The summed E-state index contributed by atoms with van der Waals surface area (Å²) < 4.78 is 5.28. The number of phenols is 1. The number of hydrogen-bond acceptors (Lipinski definition) is 5. The Balaban J connectivity index is 1.91. The van der Waals surface area contributed by atoms with Crippen LogP contribution in [0.2, 0.25) is 0 Å². The molecular weight excluding hydrogens is 288 g/mol. The van der Waals surface area contributed by atoms with Crippen molar-refractivity contribution in [3.63, 3.8) is 0 Å². The van der Waals surface area contributed by atoms with E-state index in [2.05, 4.69) is 10.5 Å². The van der Waals surface area contributed by atoms with Crippen LogP contribution in [0.3, 0.4) is 0 Å². The number of ether oxygens (including phenoxy) is 1. The summed E-state index contributed by atoms with van der Waals surface area (Å²) in [5, 5.41) is 15.4. The molecule has 2 N–H and O–H groups in total. The predicted molar refractivity (Wildman–Crippen MR) is 83.0 cm³/mol. The number of carbonyl (C=O) groups is 1. The summed E-state index contributed by atoms with van der Waals surface area (Å²) in [4.78, 5) is 12.6. The van der Waals surface area contributed by atoms with Gasteiger partial charge in [-0.3, -0.25) is 4.79 Å². The molecule has 1 aromatic heterocycles. The van der Waals surface area contributed by atoms with E-state index >= 15 is 0 Å². The van der Waals surface area contributed by atoms with E-state index in [1.165, 1.54) is 23.6 Å². The summed E-state index contributed by atoms with van der Waals surface area (Å²) in [5.74, 6) is 0.305. The predicted octanol–water partition coefficient (Wildman–Crippen LogP) is 2.55. The molecule has 21 heavy (non-hydrogen) atoms. The molecule has 0 unspecified atom stereocenters. The lowest BCUT2D eigenvalue weighted by molar-refractivity contribution is -0.120. The zero-order valence-electron chi connectivity index (χ0n) is 11.6. The third-order valence-electron chi connectivity index (χ3n) is 2.60. The van der Waals surface area contributed by atoms with Crippen molar-refractivity contribution in [3.8, 4) is 11.5 Å². The van der Waals surface area contributed by atoms with Crippen molar-refractivity contribution in [1.29, 1.82) is 0 Å². The SMILES string of the molecule is CCOc1cc(/C=N/NC(=O)Cc2cccs2)ccc1O. The van der Waals surface area contributed by atoms with Crippen LogP contribution < -0.4 is 10.2 Å². The Morgan fingerprint density at radius 3 is 3.05 bits per heavy atom. The number of benzene rings is 1. The van der Waals surface area contributed by atoms with Crippen LogP contribution in [0.4, 0.5) is 0 Å². The van der Waals surface area contributed by atoms with E-state index in [0.29, 0.717) is 18.8 Å². The molecule has 1 amide bonds. The lowest BCUT2D eigenvalue weighted by Gasteiger charge is -2.05. The molecule has 0 aliphatic heterocycles. The fourth-order valence-corrected chi connectivity index (χ4v) is 2.38. The van der Waals surface area contributed by atoms with Gasteiger partial charge in [-0.2, -0.15) is 5.10 Å². The van der Waals surface area contributed by atoms with Gasteiger partial charge >= 0.3 is 0 Å². The molecule has 2 rings (SSSR count). The van der Waals surface area contributed by atoms with Gasteiger partial charge in [0, 0.05) is 4.88 Å². The number of rotatable bonds is 6. The first-order valence-electron chi connectivity index (χ1n) is 6.49. The third kappa shape index (κ3) is 4.61. The summed E-state index contributed by atoms with van der Waals surface area (Å²) in [6.07, 6.45) is 1.82. The van der Waals surface area contributed by atoms with E-state index in [-0.39, 0.29) is 11.7 Å². The first-order valence-corrected chi connectivity index (χ1v) is 7.37. The lowest BCUT2D eigenvalue weighted by atomic mass is 10.2. The minimum atomic E-state index is -0.169. The molecule has 1 aromatic carbocycles. The van der Waals surface area contributed by atoms with Gasteiger partial charge < -0.3 is 9.84 Å². The first kappa shape index (κ1) is 15.1. The fraction of sp³-hybridized carbons (Fsp3) is 0.200. The second-order valence-electron chi connectivity index (χ2n) is 4.21. The minimum Gasteiger partial charge on any atom is -0.504 e. The third-order valence-corrected chi connectivity index (χ3v) is 3.48. The van der Waals surface area contributed by atoms with E-state index in [0.717, 1.165) is 10.4 Å². The standard InChI is InChI=1S/C15H16N2O3S/c1-2-20-14-8-11(5-6-13(14)18)10-16-17-15(19)9-12-4-3-7-21-12/h3-8,10,18H,2,9H2,1H3,(H,17,19)/b16-10+. The zero-order chi connectivity index (χ0) is 15.1. The van der Waals surface area contributed by atoms with Gasteiger partial charge in [0.15, 0.2) is 11.5 Å².